The third kappa shape index (κ3) is 11.0. The Morgan fingerprint density at radius 1 is 0.486 bits per heavy atom. The van der Waals surface area contributed by atoms with Crippen LogP contribution in [0.2, 0.25) is 0 Å². The van der Waals surface area contributed by atoms with Crippen LogP contribution in [0.4, 0.5) is 22.7 Å². The number of anilines is 4. The van der Waals surface area contributed by atoms with Crippen LogP contribution in [0.15, 0.2) is 72.8 Å². The van der Waals surface area contributed by atoms with Crippen molar-refractivity contribution in [2.75, 3.05) is 73.4 Å². The van der Waals surface area contributed by atoms with E-state index in [9.17, 15) is 47.9 Å². The molecule has 0 spiro atoms. The van der Waals surface area contributed by atoms with E-state index in [1.54, 1.807) is 34.1 Å². The molecule has 0 aromatic heterocycles. The lowest BCUT2D eigenvalue weighted by molar-refractivity contribution is -0.147. The molecule has 2 aliphatic heterocycles. The van der Waals surface area contributed by atoms with E-state index in [-0.39, 0.29) is 113 Å². The first-order valence-corrected chi connectivity index (χ1v) is 22.4. The molecule has 2 atom stereocenters. The average molecular weight is 1000 g/mol. The number of esters is 2. The van der Waals surface area contributed by atoms with Crippen LogP contribution in [0.1, 0.15) is 104 Å². The molecule has 0 unspecified atom stereocenters. The molecule has 4 aromatic rings. The van der Waals surface area contributed by atoms with Gasteiger partial charge >= 0.3 is 11.9 Å². The second-order valence-corrected chi connectivity index (χ2v) is 16.5. The van der Waals surface area contributed by atoms with Gasteiger partial charge in [0.05, 0.1) is 72.3 Å². The Bertz CT molecular complexity index is 2620. The molecule has 8 rings (SSSR count). The first-order valence-electron chi connectivity index (χ1n) is 21.4. The van der Waals surface area contributed by atoms with Crippen LogP contribution >= 0.6 is 23.2 Å². The fraction of sp³-hybridized carbons (Fsp3) is 0.320. The molecule has 0 radical (unpaired) electrons. The van der Waals surface area contributed by atoms with Crippen molar-refractivity contribution < 1.29 is 57.4 Å². The number of amides is 4. The summed E-state index contributed by atoms with van der Waals surface area (Å²) in [5, 5.41) is 10.5. The van der Waals surface area contributed by atoms with Crippen molar-refractivity contribution in [3.63, 3.8) is 0 Å². The molecule has 4 N–H and O–H groups in total. The van der Waals surface area contributed by atoms with Crippen LogP contribution in [0, 0.1) is 0 Å². The van der Waals surface area contributed by atoms with Gasteiger partial charge in [-0.05, 0) is 63.0 Å². The zero-order valence-electron chi connectivity index (χ0n) is 36.7. The summed E-state index contributed by atoms with van der Waals surface area (Å²) in [6.45, 7) is 0.913. The SMILES string of the molecule is C.C.COC(=O)[C@H]1CCCN1CC(=O)Nc1cccc2c1C(=O)c1c(NC(=O)CN3CCC[C@H]3C(=O)OC)cccc1C2=O.O=C(CCl)Nc1cccc2c1C(=O)c1c(NC(=O)CCl)cccc1C2=O. The number of fused-ring (bicyclic) bond motifs is 4. The summed E-state index contributed by atoms with van der Waals surface area (Å²) in [4.78, 5) is 130. The Hall–Kier alpha value is -7.12. The first kappa shape index (κ1) is 53.8. The normalized spacial score (nSPS) is 16.6. The Kier molecular flexibility index (Phi) is 18.0. The molecule has 2 fully saturated rings. The summed E-state index contributed by atoms with van der Waals surface area (Å²) in [5.74, 6) is -5.09. The maximum atomic E-state index is 13.9. The van der Waals surface area contributed by atoms with Gasteiger partial charge in [0.2, 0.25) is 23.6 Å². The fourth-order valence-corrected chi connectivity index (χ4v) is 8.99. The lowest BCUT2D eigenvalue weighted by atomic mass is 9.82. The van der Waals surface area contributed by atoms with E-state index in [1.807, 2.05) is 0 Å². The predicted molar refractivity (Wildman–Crippen MR) is 262 cm³/mol. The van der Waals surface area contributed by atoms with E-state index in [1.165, 1.54) is 62.8 Å². The Labute approximate surface area is 413 Å². The zero-order valence-corrected chi connectivity index (χ0v) is 38.2. The minimum absolute atomic E-state index is 0. The minimum Gasteiger partial charge on any atom is -0.468 e. The maximum Gasteiger partial charge on any atom is 0.323 e. The Morgan fingerprint density at radius 3 is 1.04 bits per heavy atom. The Morgan fingerprint density at radius 2 is 0.771 bits per heavy atom. The van der Waals surface area contributed by atoms with Crippen LogP contribution in [0.5, 0.6) is 0 Å². The first-order chi connectivity index (χ1) is 32.7. The van der Waals surface area contributed by atoms with E-state index in [2.05, 4.69) is 21.3 Å². The van der Waals surface area contributed by atoms with E-state index in [4.69, 9.17) is 32.7 Å². The van der Waals surface area contributed by atoms with Crippen molar-refractivity contribution in [2.24, 2.45) is 0 Å². The molecule has 70 heavy (non-hydrogen) atoms. The number of nitrogens with zero attached hydrogens (tertiary/aromatic N) is 2. The molecule has 2 aliphatic carbocycles. The highest BCUT2D eigenvalue weighted by atomic mass is 35.5. The molecular weight excluding hydrogens is 947 g/mol. The van der Waals surface area contributed by atoms with Crippen molar-refractivity contribution in [2.45, 2.75) is 52.6 Å². The lowest BCUT2D eigenvalue weighted by Gasteiger charge is -2.25. The monoisotopic (exact) mass is 998 g/mol. The number of methoxy groups -OCH3 is 2. The quantitative estimate of drug-likeness (QED) is 0.0849. The van der Waals surface area contributed by atoms with Crippen molar-refractivity contribution >= 4 is 105 Å². The smallest absolute Gasteiger partial charge is 0.323 e. The Balaban J connectivity index is 0.000000281. The standard InChI is InChI=1S/C30H32N4O8.C18H12Cl2N2O4.2CH4/c1-41-29(39)21-11-5-13-33(21)15-23(35)31-19-9-3-7-17-25(19)28(38)26-18(27(17)37)8-4-10-20(26)32-24(36)16-34-14-6-12-22(34)30(40)42-2;19-7-13(23)21-11-5-1-3-9-15(11)18(26)16-10(17(9)25)4-2-6-12(16)22-14(24)8-20;;/h3-4,7-10,21-22H,5-6,11-16H2,1-2H3,(H,31,35)(H,32,36);1-6H,7-8H2,(H,21,23)(H,22,24);2*1H4/t21-,22+;;;. The number of hydrogen-bond acceptors (Lipinski definition) is 14. The molecule has 18 nitrogen and oxygen atoms in total. The molecule has 0 bridgehead atoms. The summed E-state index contributed by atoms with van der Waals surface area (Å²) in [7, 11) is 2.61. The van der Waals surface area contributed by atoms with Gasteiger partial charge in [-0.25, -0.2) is 0 Å². The van der Waals surface area contributed by atoms with Crippen molar-refractivity contribution in [3.05, 3.63) is 117 Å². The topological polar surface area (TPSA) is 244 Å². The number of ether oxygens (including phenoxy) is 2. The summed E-state index contributed by atoms with van der Waals surface area (Å²) < 4.78 is 9.69. The summed E-state index contributed by atoms with van der Waals surface area (Å²) in [6.07, 6.45) is 2.65. The van der Waals surface area contributed by atoms with E-state index in [0.717, 1.165) is 12.8 Å². The summed E-state index contributed by atoms with van der Waals surface area (Å²) in [6, 6.07) is 17.4. The summed E-state index contributed by atoms with van der Waals surface area (Å²) in [5.41, 5.74) is 1.52. The number of carbonyl (C=O) groups is 10. The van der Waals surface area contributed by atoms with Crippen molar-refractivity contribution in [1.82, 2.24) is 9.80 Å². The highest BCUT2D eigenvalue weighted by Crippen LogP contribution is 2.37. The van der Waals surface area contributed by atoms with Gasteiger partial charge in [0, 0.05) is 22.3 Å². The highest BCUT2D eigenvalue weighted by molar-refractivity contribution is 6.35. The molecule has 4 aliphatic rings. The van der Waals surface area contributed by atoms with Gasteiger partial charge in [-0.2, -0.15) is 0 Å². The maximum absolute atomic E-state index is 13.9. The number of hydrogen-bond donors (Lipinski definition) is 4. The molecule has 4 aromatic carbocycles. The van der Waals surface area contributed by atoms with Crippen LogP contribution in [-0.4, -0.2) is 133 Å². The molecule has 2 heterocycles. The van der Waals surface area contributed by atoms with E-state index in [0.29, 0.717) is 25.9 Å². The second kappa shape index (κ2) is 23.5. The molecule has 20 heteroatoms. The number of alkyl halides is 2. The zero-order chi connectivity index (χ0) is 48.8. The molecular formula is C50H52Cl2N6O12. The predicted octanol–water partition coefficient (Wildman–Crippen LogP) is 5.70. The van der Waals surface area contributed by atoms with E-state index < -0.39 is 65.0 Å². The average Bonchev–Trinajstić information content (AvgIpc) is 4.01. The molecule has 4 amide bonds. The van der Waals surface area contributed by atoms with Crippen LogP contribution in [0.25, 0.3) is 0 Å². The third-order valence-corrected chi connectivity index (χ3v) is 12.3. The van der Waals surface area contributed by atoms with Crippen LogP contribution in [0.3, 0.4) is 0 Å². The number of rotatable bonds is 12. The number of nitrogens with one attached hydrogen (secondary N) is 4. The summed E-state index contributed by atoms with van der Waals surface area (Å²) >= 11 is 11.0. The minimum atomic E-state index is -0.520. The molecule has 2 saturated heterocycles. The largest absolute Gasteiger partial charge is 0.468 e. The number of benzene rings is 4. The lowest BCUT2D eigenvalue weighted by Crippen LogP contribution is -2.41. The van der Waals surface area contributed by atoms with Gasteiger partial charge in [-0.15, -0.1) is 23.2 Å². The van der Waals surface area contributed by atoms with Crippen LogP contribution < -0.4 is 21.3 Å². The van der Waals surface area contributed by atoms with Gasteiger partial charge in [0.1, 0.15) is 23.8 Å². The third-order valence-electron chi connectivity index (χ3n) is 11.9. The van der Waals surface area contributed by atoms with Gasteiger partial charge in [-0.3, -0.25) is 57.7 Å². The van der Waals surface area contributed by atoms with Crippen LogP contribution in [-0.2, 0) is 38.2 Å². The van der Waals surface area contributed by atoms with Gasteiger partial charge < -0.3 is 30.7 Å². The fourth-order valence-electron chi connectivity index (χ4n) is 8.85. The highest BCUT2D eigenvalue weighted by Gasteiger charge is 2.38. The number of likely N-dealkylation sites (tertiary alicyclic amines) is 2. The van der Waals surface area contributed by atoms with Gasteiger partial charge in [0.15, 0.2) is 23.1 Å². The second-order valence-electron chi connectivity index (χ2n) is 16.0. The van der Waals surface area contributed by atoms with Crippen molar-refractivity contribution in [3.8, 4) is 0 Å². The molecule has 368 valence electrons. The number of ketones is 4. The van der Waals surface area contributed by atoms with Gasteiger partial charge in [0.25, 0.3) is 0 Å². The number of carbonyl (C=O) groups excluding carboxylic acids is 10. The number of halogens is 2. The molecule has 0 saturated carbocycles. The van der Waals surface area contributed by atoms with Gasteiger partial charge in [-0.1, -0.05) is 63.4 Å². The van der Waals surface area contributed by atoms with E-state index >= 15 is 0 Å². The van der Waals surface area contributed by atoms with Crippen molar-refractivity contribution in [1.29, 1.82) is 0 Å².